The van der Waals surface area contributed by atoms with E-state index in [0.29, 0.717) is 44.3 Å². The Hall–Kier alpha value is -3.65. The molecule has 0 unspecified atom stereocenters. The Morgan fingerprint density at radius 3 is 1.66 bits per heavy atom. The predicted molar refractivity (Wildman–Crippen MR) is 237 cm³/mol. The van der Waals surface area contributed by atoms with Crippen molar-refractivity contribution in [1.29, 1.82) is 0 Å². The van der Waals surface area contributed by atoms with Crippen molar-refractivity contribution in [3.63, 3.8) is 0 Å². The van der Waals surface area contributed by atoms with E-state index in [1.54, 1.807) is 48.5 Å². The summed E-state index contributed by atoms with van der Waals surface area (Å²) >= 11 is 14.7. The molecule has 10 rings (SSSR count). The Balaban J connectivity index is 0.000000166. The summed E-state index contributed by atoms with van der Waals surface area (Å²) < 4.78 is 71.1. The van der Waals surface area contributed by atoms with Crippen molar-refractivity contribution in [2.24, 2.45) is 20.5 Å². The molecule has 2 N–H and O–H groups in total. The molecule has 4 aliphatic heterocycles. The SMILES string of the molecule is CC1(C)CCN2CCCc3c2c1cc(N=Nc1nc2ccc(Cl)cc2s1)c3S(=O)(=O)O.O=S(=O)(O)c1c(N=Nc2nc3ccc(Cl)cc3s2)cc2c3c1CCCN3CCC2.[Ni]. The number of rotatable bonds is 6. The Morgan fingerprint density at radius 2 is 1.13 bits per heavy atom. The number of azo groups is 2. The second-order valence-electron chi connectivity index (χ2n) is 15.8. The van der Waals surface area contributed by atoms with Crippen LogP contribution in [0.5, 0.6) is 0 Å². The van der Waals surface area contributed by atoms with Gasteiger partial charge < -0.3 is 9.80 Å². The van der Waals surface area contributed by atoms with Crippen LogP contribution in [-0.4, -0.2) is 62.1 Å². The Labute approximate surface area is 380 Å². The monoisotopic (exact) mass is 982 g/mol. The van der Waals surface area contributed by atoms with Crippen molar-refractivity contribution in [3.8, 4) is 0 Å². The molecular formula is C40H38Cl2N8NiO6S4. The average molecular weight is 985 g/mol. The normalized spacial score (nSPS) is 17.0. The molecule has 21 heteroatoms. The number of halogens is 2. The molecule has 0 amide bonds. The molecule has 0 radical (unpaired) electrons. The van der Waals surface area contributed by atoms with Crippen molar-refractivity contribution in [2.75, 3.05) is 36.0 Å². The van der Waals surface area contributed by atoms with Crippen LogP contribution in [0.3, 0.4) is 0 Å². The number of hydrogen-bond acceptors (Lipinski definition) is 14. The molecule has 0 fully saturated rings. The summed E-state index contributed by atoms with van der Waals surface area (Å²) in [5.74, 6) is 0. The van der Waals surface area contributed by atoms with Gasteiger partial charge in [0.1, 0.15) is 21.2 Å². The molecule has 0 atom stereocenters. The fraction of sp³-hybridized carbons (Fsp3) is 0.350. The van der Waals surface area contributed by atoms with Gasteiger partial charge in [-0.3, -0.25) is 9.11 Å². The zero-order valence-electron chi connectivity index (χ0n) is 32.7. The van der Waals surface area contributed by atoms with Crippen molar-refractivity contribution in [3.05, 3.63) is 80.8 Å². The maximum Gasteiger partial charge on any atom is 0.297 e. The summed E-state index contributed by atoms with van der Waals surface area (Å²) in [6, 6.07) is 14.2. The quantitative estimate of drug-likeness (QED) is 0.0922. The minimum Gasteiger partial charge on any atom is -0.371 e. The molecule has 6 heterocycles. The van der Waals surface area contributed by atoms with Crippen LogP contribution in [0.25, 0.3) is 20.4 Å². The van der Waals surface area contributed by atoms with Gasteiger partial charge in [-0.05, 0) is 121 Å². The van der Waals surface area contributed by atoms with Gasteiger partial charge in [0.15, 0.2) is 0 Å². The summed E-state index contributed by atoms with van der Waals surface area (Å²) in [5, 5.41) is 18.9. The topological polar surface area (TPSA) is 190 Å². The third kappa shape index (κ3) is 8.70. The summed E-state index contributed by atoms with van der Waals surface area (Å²) in [7, 11) is -8.93. The van der Waals surface area contributed by atoms with E-state index in [4.69, 9.17) is 23.2 Å². The fourth-order valence-corrected chi connectivity index (χ4v) is 12.6. The van der Waals surface area contributed by atoms with Gasteiger partial charge in [0.25, 0.3) is 20.2 Å². The average Bonchev–Trinajstić information content (AvgIpc) is 3.80. The minimum atomic E-state index is -4.49. The molecule has 0 saturated carbocycles. The first-order valence-electron chi connectivity index (χ1n) is 19.3. The number of nitrogens with zero attached hydrogens (tertiary/aromatic N) is 8. The van der Waals surface area contributed by atoms with Crippen LogP contribution in [0.4, 0.5) is 33.0 Å². The van der Waals surface area contributed by atoms with Crippen LogP contribution >= 0.6 is 45.9 Å². The summed E-state index contributed by atoms with van der Waals surface area (Å²) in [4.78, 5) is 13.0. The number of hydrogen-bond donors (Lipinski definition) is 2. The maximum absolute atomic E-state index is 12.4. The first-order valence-corrected chi connectivity index (χ1v) is 24.6. The van der Waals surface area contributed by atoms with E-state index >= 15 is 0 Å². The van der Waals surface area contributed by atoms with E-state index in [-0.39, 0.29) is 43.1 Å². The van der Waals surface area contributed by atoms with Gasteiger partial charge in [-0.1, -0.05) is 59.7 Å². The Morgan fingerprint density at radius 1 is 0.656 bits per heavy atom. The number of fused-ring (bicyclic) bond motifs is 2. The third-order valence-electron chi connectivity index (χ3n) is 11.4. The number of aromatic nitrogens is 2. The molecule has 0 aliphatic carbocycles. The molecule has 14 nitrogen and oxygen atoms in total. The van der Waals surface area contributed by atoms with E-state index in [9.17, 15) is 25.9 Å². The van der Waals surface area contributed by atoms with Gasteiger partial charge in [0.2, 0.25) is 10.3 Å². The zero-order valence-corrected chi connectivity index (χ0v) is 38.5. The van der Waals surface area contributed by atoms with E-state index in [1.807, 2.05) is 0 Å². The number of aryl methyl sites for hydroxylation is 1. The van der Waals surface area contributed by atoms with Gasteiger partial charge in [-0.2, -0.15) is 16.8 Å². The molecule has 322 valence electrons. The fourth-order valence-electron chi connectivity index (χ4n) is 8.73. The molecule has 0 spiro atoms. The zero-order chi connectivity index (χ0) is 42.1. The van der Waals surface area contributed by atoms with Gasteiger partial charge in [0.05, 0.1) is 20.4 Å². The van der Waals surface area contributed by atoms with Crippen molar-refractivity contribution in [1.82, 2.24) is 9.97 Å². The maximum atomic E-state index is 12.4. The number of benzene rings is 4. The van der Waals surface area contributed by atoms with Crippen molar-refractivity contribution < 1.29 is 42.4 Å². The molecule has 4 aliphatic rings. The second-order valence-corrected chi connectivity index (χ2v) is 21.4. The van der Waals surface area contributed by atoms with Crippen LogP contribution in [-0.2, 0) is 61.4 Å². The van der Waals surface area contributed by atoms with Crippen molar-refractivity contribution in [2.45, 2.75) is 74.0 Å². The summed E-state index contributed by atoms with van der Waals surface area (Å²) in [5.41, 5.74) is 6.97. The Kier molecular flexibility index (Phi) is 12.1. The van der Waals surface area contributed by atoms with Crippen LogP contribution < -0.4 is 9.80 Å². The van der Waals surface area contributed by atoms with Gasteiger partial charge >= 0.3 is 0 Å². The molecule has 2 aromatic heterocycles. The summed E-state index contributed by atoms with van der Waals surface area (Å²) in [6.07, 6.45) is 5.66. The molecule has 61 heavy (non-hydrogen) atoms. The van der Waals surface area contributed by atoms with Crippen molar-refractivity contribution >= 4 is 120 Å². The van der Waals surface area contributed by atoms with Gasteiger partial charge in [-0.15, -0.1) is 20.5 Å². The second kappa shape index (κ2) is 16.8. The molecule has 0 bridgehead atoms. The third-order valence-corrected chi connectivity index (χ3v) is 15.6. The van der Waals surface area contributed by atoms with E-state index in [1.165, 1.54) is 22.7 Å². The van der Waals surface area contributed by atoms with Crippen LogP contribution in [0.2, 0.25) is 10.0 Å². The first kappa shape index (κ1) is 44.0. The molecule has 6 aromatic rings. The molecular weight excluding hydrogens is 946 g/mol. The van der Waals surface area contributed by atoms with Gasteiger partial charge in [0, 0.05) is 64.1 Å². The van der Waals surface area contributed by atoms with Gasteiger partial charge in [-0.25, -0.2) is 9.97 Å². The first-order chi connectivity index (χ1) is 28.5. The van der Waals surface area contributed by atoms with Crippen LogP contribution in [0.15, 0.2) is 78.8 Å². The van der Waals surface area contributed by atoms with E-state index in [2.05, 4.69) is 54.1 Å². The smallest absolute Gasteiger partial charge is 0.297 e. The van der Waals surface area contributed by atoms with Crippen LogP contribution in [0.1, 0.15) is 61.8 Å². The standard InChI is InChI=1S/C21H21ClN4O3S2.C19H17ClN4O3S2.Ni/c1-21(2)7-9-26-8-3-4-13-18(26)14(21)11-16(19(13)31(27,28)29)24-25-20-23-15-6-5-12(22)10-17(15)30-20;20-12-5-6-14-16(10-12)28-19(21-14)23-22-15-9-11-3-1-7-24-8-2-4-13(17(11)24)18(15)29(25,26)27;/h5-6,10-11H,3-4,7-9H2,1-2H3,(H,27,28,29);5-6,9-10H,1-4,7-8H2,(H,25,26,27);. The number of anilines is 2. The molecule has 0 saturated heterocycles. The van der Waals surface area contributed by atoms with E-state index < -0.39 is 20.2 Å². The minimum absolute atomic E-state index is 0. The summed E-state index contributed by atoms with van der Waals surface area (Å²) in [6.45, 7) is 7.86. The van der Waals surface area contributed by atoms with Crippen LogP contribution in [0, 0.1) is 0 Å². The largest absolute Gasteiger partial charge is 0.371 e. The number of thiazole rings is 2. The Bertz CT molecular complexity index is 3030. The molecule has 4 aromatic carbocycles. The predicted octanol–water partition coefficient (Wildman–Crippen LogP) is 11.4. The van der Waals surface area contributed by atoms with E-state index in [0.717, 1.165) is 101 Å².